The Balaban J connectivity index is 1.63. The number of para-hydroxylation sites is 1. The summed E-state index contributed by atoms with van der Waals surface area (Å²) in [6.45, 7) is 2.77. The molecule has 0 radical (unpaired) electrons. The second-order valence-electron chi connectivity index (χ2n) is 7.98. The van der Waals surface area contributed by atoms with E-state index in [0.717, 1.165) is 15.8 Å². The number of thiophene rings is 1. The lowest BCUT2D eigenvalue weighted by Gasteiger charge is -2.27. The van der Waals surface area contributed by atoms with Crippen molar-refractivity contribution in [2.24, 2.45) is 0 Å². The normalized spacial score (nSPS) is 11.7. The first kappa shape index (κ1) is 24.1. The van der Waals surface area contributed by atoms with Gasteiger partial charge < -0.3 is 4.90 Å². The maximum Gasteiger partial charge on any atom is 0.245 e. The summed E-state index contributed by atoms with van der Waals surface area (Å²) in [6, 6.07) is 22.4. The number of carbonyl (C=O) groups excluding carboxylic acids is 1. The zero-order valence-corrected chi connectivity index (χ0v) is 20.6. The Morgan fingerprint density at radius 2 is 1.74 bits per heavy atom. The topological polar surface area (TPSA) is 70.6 Å². The molecule has 2 aromatic heterocycles. The highest BCUT2D eigenvalue weighted by atomic mass is 32.2. The average Bonchev–Trinajstić information content (AvgIpc) is 3.37. The lowest BCUT2D eigenvalue weighted by atomic mass is 10.2. The Kier molecular flexibility index (Phi) is 7.72. The number of nitrogens with zero attached hydrogens (tertiary/aromatic N) is 3. The van der Waals surface area contributed by atoms with E-state index in [2.05, 4.69) is 4.98 Å². The Labute approximate surface area is 204 Å². The molecule has 0 aliphatic carbocycles. The summed E-state index contributed by atoms with van der Waals surface area (Å²) in [5.74, 6) is -0.234. The second kappa shape index (κ2) is 10.9. The number of aromatic nitrogens is 1. The number of carbonyl (C=O) groups is 1. The molecule has 0 aliphatic heterocycles. The van der Waals surface area contributed by atoms with Gasteiger partial charge in [-0.2, -0.15) is 4.31 Å². The molecule has 2 heterocycles. The van der Waals surface area contributed by atoms with Gasteiger partial charge in [-0.05, 0) is 35.6 Å². The number of rotatable bonds is 10. The van der Waals surface area contributed by atoms with Crippen LogP contribution in [0.4, 0.5) is 0 Å². The van der Waals surface area contributed by atoms with Crippen LogP contribution in [0.2, 0.25) is 0 Å². The number of fused-ring (bicyclic) bond motifs is 1. The van der Waals surface area contributed by atoms with Crippen LogP contribution in [0.3, 0.4) is 0 Å². The van der Waals surface area contributed by atoms with Crippen molar-refractivity contribution in [3.8, 4) is 0 Å². The lowest BCUT2D eigenvalue weighted by Crippen LogP contribution is -2.42. The number of sulfonamides is 1. The van der Waals surface area contributed by atoms with Crippen LogP contribution in [-0.2, 0) is 27.9 Å². The van der Waals surface area contributed by atoms with E-state index >= 15 is 0 Å². The van der Waals surface area contributed by atoms with Gasteiger partial charge in [0.05, 0.1) is 18.6 Å². The van der Waals surface area contributed by atoms with E-state index in [9.17, 15) is 13.2 Å². The molecule has 34 heavy (non-hydrogen) atoms. The molecule has 0 spiro atoms. The molecule has 0 unspecified atom stereocenters. The van der Waals surface area contributed by atoms with E-state index in [1.54, 1.807) is 40.6 Å². The summed E-state index contributed by atoms with van der Waals surface area (Å²) in [5.41, 5.74) is 1.41. The maximum atomic E-state index is 13.7. The van der Waals surface area contributed by atoms with Gasteiger partial charge >= 0.3 is 0 Å². The molecule has 0 N–H and O–H groups in total. The first-order valence-corrected chi connectivity index (χ1v) is 13.5. The molecule has 0 bridgehead atoms. The van der Waals surface area contributed by atoms with E-state index in [-0.39, 0.29) is 23.9 Å². The van der Waals surface area contributed by atoms with Gasteiger partial charge in [0.2, 0.25) is 15.9 Å². The summed E-state index contributed by atoms with van der Waals surface area (Å²) < 4.78 is 28.7. The van der Waals surface area contributed by atoms with Crippen molar-refractivity contribution in [2.45, 2.75) is 31.3 Å². The van der Waals surface area contributed by atoms with Crippen molar-refractivity contribution < 1.29 is 13.2 Å². The molecule has 0 saturated carbocycles. The molecule has 0 saturated heterocycles. The van der Waals surface area contributed by atoms with Crippen molar-refractivity contribution in [1.82, 2.24) is 14.2 Å². The molecule has 0 fully saturated rings. The van der Waals surface area contributed by atoms with Crippen LogP contribution in [0.25, 0.3) is 10.9 Å². The zero-order valence-electron chi connectivity index (χ0n) is 19.0. The maximum absolute atomic E-state index is 13.7. The third kappa shape index (κ3) is 5.52. The van der Waals surface area contributed by atoms with E-state index in [1.807, 2.05) is 66.9 Å². The molecule has 0 aliphatic rings. The lowest BCUT2D eigenvalue weighted by molar-refractivity contribution is -0.132. The van der Waals surface area contributed by atoms with Crippen molar-refractivity contribution >= 4 is 38.2 Å². The highest BCUT2D eigenvalue weighted by Crippen LogP contribution is 2.25. The van der Waals surface area contributed by atoms with Crippen molar-refractivity contribution in [3.05, 3.63) is 94.8 Å². The predicted octanol–water partition coefficient (Wildman–Crippen LogP) is 4.93. The fourth-order valence-corrected chi connectivity index (χ4v) is 6.20. The fraction of sp³-hybridized carbons (Fsp3) is 0.231. The average molecular weight is 494 g/mol. The van der Waals surface area contributed by atoms with E-state index in [0.29, 0.717) is 25.0 Å². The second-order valence-corrected chi connectivity index (χ2v) is 10.9. The Bertz CT molecular complexity index is 1340. The van der Waals surface area contributed by atoms with Crippen LogP contribution in [0.5, 0.6) is 0 Å². The molecule has 176 valence electrons. The standard InChI is InChI=1S/C26H27N3O3S2/c1-2-16-29(34(31,32)24-14-6-11-22-12-7-15-27-26(22)24)20-25(30)28(19-23-13-8-17-33-23)18-21-9-4-3-5-10-21/h3-15,17H,2,16,18-20H2,1H3. The first-order valence-electron chi connectivity index (χ1n) is 11.2. The number of benzene rings is 2. The number of amides is 1. The fourth-order valence-electron chi connectivity index (χ4n) is 3.83. The largest absolute Gasteiger partial charge is 0.332 e. The number of hydrogen-bond donors (Lipinski definition) is 0. The number of hydrogen-bond acceptors (Lipinski definition) is 5. The summed E-state index contributed by atoms with van der Waals surface area (Å²) >= 11 is 1.58. The molecular formula is C26H27N3O3S2. The van der Waals surface area contributed by atoms with Crippen molar-refractivity contribution in [1.29, 1.82) is 0 Å². The molecule has 1 amide bonds. The van der Waals surface area contributed by atoms with E-state index < -0.39 is 10.0 Å². The van der Waals surface area contributed by atoms with Crippen LogP contribution in [0.15, 0.2) is 89.3 Å². The third-order valence-electron chi connectivity index (χ3n) is 5.49. The van der Waals surface area contributed by atoms with E-state index in [1.165, 1.54) is 4.31 Å². The third-order valence-corrected chi connectivity index (χ3v) is 8.23. The van der Waals surface area contributed by atoms with Gasteiger partial charge in [0.15, 0.2) is 0 Å². The summed E-state index contributed by atoms with van der Waals surface area (Å²) in [5, 5.41) is 2.72. The van der Waals surface area contributed by atoms with Gasteiger partial charge in [-0.15, -0.1) is 11.3 Å². The summed E-state index contributed by atoms with van der Waals surface area (Å²) in [6.07, 6.45) is 2.17. The molecule has 4 aromatic rings. The van der Waals surface area contributed by atoms with Gasteiger partial charge in [-0.25, -0.2) is 8.42 Å². The van der Waals surface area contributed by atoms with Gasteiger partial charge in [0.1, 0.15) is 4.90 Å². The summed E-state index contributed by atoms with van der Waals surface area (Å²) in [4.78, 5) is 20.7. The SMILES string of the molecule is CCCN(CC(=O)N(Cc1ccccc1)Cc1cccs1)S(=O)(=O)c1cccc2cccnc12. The quantitative estimate of drug-likeness (QED) is 0.314. The van der Waals surface area contributed by atoms with Crippen LogP contribution in [-0.4, -0.2) is 41.6 Å². The Morgan fingerprint density at radius 3 is 2.47 bits per heavy atom. The van der Waals surface area contributed by atoms with Crippen LogP contribution in [0, 0.1) is 0 Å². The van der Waals surface area contributed by atoms with Crippen LogP contribution < -0.4 is 0 Å². The van der Waals surface area contributed by atoms with Crippen LogP contribution in [0.1, 0.15) is 23.8 Å². The predicted molar refractivity (Wildman–Crippen MR) is 136 cm³/mol. The number of pyridine rings is 1. The Hall–Kier alpha value is -3.07. The first-order chi connectivity index (χ1) is 16.5. The zero-order chi connectivity index (χ0) is 24.0. The Morgan fingerprint density at radius 1 is 0.941 bits per heavy atom. The molecule has 4 rings (SSSR count). The van der Waals surface area contributed by atoms with E-state index in [4.69, 9.17) is 0 Å². The molecular weight excluding hydrogens is 466 g/mol. The minimum absolute atomic E-state index is 0.125. The van der Waals surface area contributed by atoms with Gasteiger partial charge in [0.25, 0.3) is 0 Å². The molecule has 2 aromatic carbocycles. The van der Waals surface area contributed by atoms with Crippen molar-refractivity contribution in [2.75, 3.05) is 13.1 Å². The van der Waals surface area contributed by atoms with Gasteiger partial charge in [-0.1, -0.05) is 61.5 Å². The van der Waals surface area contributed by atoms with Crippen molar-refractivity contribution in [3.63, 3.8) is 0 Å². The molecule has 0 atom stereocenters. The summed E-state index contributed by atoms with van der Waals surface area (Å²) in [7, 11) is -3.93. The highest BCUT2D eigenvalue weighted by Gasteiger charge is 2.30. The molecule has 6 nitrogen and oxygen atoms in total. The minimum atomic E-state index is -3.93. The van der Waals surface area contributed by atoms with Gasteiger partial charge in [0, 0.05) is 29.5 Å². The van der Waals surface area contributed by atoms with Crippen LogP contribution >= 0.6 is 11.3 Å². The van der Waals surface area contributed by atoms with Gasteiger partial charge in [-0.3, -0.25) is 9.78 Å². The monoisotopic (exact) mass is 493 g/mol. The smallest absolute Gasteiger partial charge is 0.245 e. The highest BCUT2D eigenvalue weighted by molar-refractivity contribution is 7.89. The molecule has 8 heteroatoms. The minimum Gasteiger partial charge on any atom is -0.332 e.